The maximum Gasteiger partial charge on any atom is 1.00 e. The van der Waals surface area contributed by atoms with Crippen LogP contribution >= 0.6 is 12.0 Å². The van der Waals surface area contributed by atoms with Crippen LogP contribution in [0.3, 0.4) is 0 Å². The van der Waals surface area contributed by atoms with Crippen LogP contribution in [0.25, 0.3) is 38.5 Å². The summed E-state index contributed by atoms with van der Waals surface area (Å²) in [6, 6.07) is 16.9. The van der Waals surface area contributed by atoms with Crippen LogP contribution in [0.15, 0.2) is 101 Å². The number of carbonyl (C=O) groups is 3. The number of amides is 3. The van der Waals surface area contributed by atoms with Gasteiger partial charge in [0.05, 0.1) is 33.6 Å². The number of imide groups is 1. The number of nitrogens with one attached hydrogen (secondary N) is 1. The molecule has 3 amide bonds. The number of fused-ring (bicyclic) bond motifs is 3. The van der Waals surface area contributed by atoms with Crippen molar-refractivity contribution in [1.29, 1.82) is 0 Å². The number of allylic oxidation sites excluding steroid dienone is 4. The zero-order valence-corrected chi connectivity index (χ0v) is 42.1. The number of nitrogens with zero attached hydrogens (tertiary/aromatic N) is 4. The van der Waals surface area contributed by atoms with Crippen molar-refractivity contribution >= 4 is 95.5 Å². The second-order valence-electron chi connectivity index (χ2n) is 15.7. The van der Waals surface area contributed by atoms with E-state index in [2.05, 4.69) is 72.2 Å². The van der Waals surface area contributed by atoms with Crippen molar-refractivity contribution in [2.75, 3.05) is 38.6 Å². The summed E-state index contributed by atoms with van der Waals surface area (Å²) in [4.78, 5) is 39.1. The fourth-order valence-electron chi connectivity index (χ4n) is 8.55. The van der Waals surface area contributed by atoms with Crippen LogP contribution in [0, 0.1) is 0 Å². The fraction of sp³-hybridized carbons (Fsp3) is 0.289. The minimum atomic E-state index is -4.89. The van der Waals surface area contributed by atoms with Crippen LogP contribution in [0.4, 0.5) is 11.4 Å². The van der Waals surface area contributed by atoms with Crippen molar-refractivity contribution in [3.63, 3.8) is 0 Å². The monoisotopic (exact) mass is 910 g/mol. The number of rotatable bonds is 17. The van der Waals surface area contributed by atoms with E-state index in [9.17, 15) is 32.6 Å². The van der Waals surface area contributed by atoms with Crippen LogP contribution in [-0.4, -0.2) is 84.2 Å². The molecule has 1 N–H and O–H groups in total. The second-order valence-corrected chi connectivity index (χ2v) is 17.8. The minimum Gasteiger partial charge on any atom is -0.744 e. The summed E-state index contributed by atoms with van der Waals surface area (Å²) in [5.74, 6) is -0.956. The molecule has 0 saturated carbocycles. The van der Waals surface area contributed by atoms with Gasteiger partial charge in [0.15, 0.2) is 5.71 Å². The Morgan fingerprint density at radius 1 is 0.952 bits per heavy atom. The van der Waals surface area contributed by atoms with Gasteiger partial charge in [-0.25, -0.2) is 8.42 Å². The maximum atomic E-state index is 12.6. The van der Waals surface area contributed by atoms with E-state index in [-0.39, 0.29) is 89.4 Å². The Hall–Kier alpha value is -3.62. The summed E-state index contributed by atoms with van der Waals surface area (Å²) >= 11 is 0.526. The zero-order valence-electron chi connectivity index (χ0n) is 36.5. The number of aromatic nitrogens is 1. The Morgan fingerprint density at radius 3 is 2.40 bits per heavy atom. The third kappa shape index (κ3) is 10.4. The van der Waals surface area contributed by atoms with Crippen LogP contribution in [0.2, 0.25) is 0 Å². The van der Waals surface area contributed by atoms with Crippen molar-refractivity contribution < 1.29 is 106 Å². The molecule has 0 bridgehead atoms. The Labute approximate surface area is 414 Å². The number of carbonyl (C=O) groups excluding carboxylic acids is 3. The summed E-state index contributed by atoms with van der Waals surface area (Å²) in [7, 11) is 1.27. The molecule has 2 aliphatic heterocycles. The fourth-order valence-corrected chi connectivity index (χ4v) is 9.69. The molecule has 318 valence electrons. The molecule has 0 fully saturated rings. The quantitative estimate of drug-likeness (QED) is 0.0139. The van der Waals surface area contributed by atoms with Gasteiger partial charge < -0.3 is 24.6 Å². The summed E-state index contributed by atoms with van der Waals surface area (Å²) in [5.41, 5.74) is 4.15. The first kappa shape index (κ1) is 50.4. The molecule has 7 rings (SSSR count). The summed E-state index contributed by atoms with van der Waals surface area (Å²) < 4.78 is 46.1. The Kier molecular flexibility index (Phi) is 16.9. The Balaban J connectivity index is 0.00000374. The molecule has 0 unspecified atom stereocenters. The average Bonchev–Trinajstić information content (AvgIpc) is 3.77. The van der Waals surface area contributed by atoms with Crippen LogP contribution in [-0.2, 0) is 46.3 Å². The summed E-state index contributed by atoms with van der Waals surface area (Å²) in [6.07, 6.45) is 14.8. The molecule has 63 heavy (non-hydrogen) atoms. The number of anilines is 1. The molecule has 14 nitrogen and oxygen atoms in total. The first-order valence-corrected chi connectivity index (χ1v) is 22.0. The Morgan fingerprint density at radius 2 is 1.70 bits per heavy atom. The summed E-state index contributed by atoms with van der Waals surface area (Å²) in [5, 5.41) is 22.8. The van der Waals surface area contributed by atoms with Gasteiger partial charge in [0.25, 0.3) is 11.8 Å². The SMILES string of the molecule is CN(C)c1ccc2cccc3\c(=C/C=C/C=C/C4=[N+](CCCCCC(=O)NCCN5C(=O)C=CC5=O)c5ccc6c(SOO[O-])cc(S(=O)(=O)[O-])cc6c5C4(C)C)n(C)c1c23.[Na+].[Na+]. The van der Waals surface area contributed by atoms with Crippen molar-refractivity contribution in [2.24, 2.45) is 7.05 Å². The maximum absolute atomic E-state index is 12.6. The van der Waals surface area contributed by atoms with E-state index in [4.69, 9.17) is 0 Å². The molecular weight excluding hydrogens is 865 g/mol. The summed E-state index contributed by atoms with van der Waals surface area (Å²) in [6.45, 7) is 4.92. The van der Waals surface area contributed by atoms with E-state index in [1.807, 2.05) is 58.3 Å². The number of unbranched alkanes of at least 4 members (excludes halogenated alkanes) is 2. The van der Waals surface area contributed by atoms with Crippen LogP contribution in [0.5, 0.6) is 0 Å². The predicted molar refractivity (Wildman–Crippen MR) is 233 cm³/mol. The van der Waals surface area contributed by atoms with E-state index in [1.165, 1.54) is 35.1 Å². The molecular formula is C45H46N5Na2O9S2+. The first-order chi connectivity index (χ1) is 29.1. The number of benzene rings is 4. The van der Waals surface area contributed by atoms with Crippen LogP contribution in [0.1, 0.15) is 45.1 Å². The molecule has 3 heterocycles. The van der Waals surface area contributed by atoms with Gasteiger partial charge in [-0.1, -0.05) is 42.5 Å². The van der Waals surface area contributed by atoms with Gasteiger partial charge in [-0.15, -0.1) is 0 Å². The van der Waals surface area contributed by atoms with E-state index in [0.717, 1.165) is 50.2 Å². The second kappa shape index (κ2) is 21.1. The molecule has 0 saturated heterocycles. The molecule has 0 spiro atoms. The number of hydrogen-bond donors (Lipinski definition) is 1. The van der Waals surface area contributed by atoms with Crippen LogP contribution < -0.4 is 79.9 Å². The van der Waals surface area contributed by atoms with Crippen molar-refractivity contribution in [2.45, 2.75) is 54.7 Å². The largest absolute Gasteiger partial charge is 1.00 e. The van der Waals surface area contributed by atoms with E-state index < -0.39 is 32.2 Å². The topological polar surface area (TPSA) is 176 Å². The number of aryl methyl sites for hydroxylation is 1. The van der Waals surface area contributed by atoms with E-state index in [0.29, 0.717) is 42.2 Å². The van der Waals surface area contributed by atoms with Gasteiger partial charge in [0.1, 0.15) is 16.7 Å². The molecule has 18 heteroatoms. The number of hydrogen-bond acceptors (Lipinski definition) is 11. The molecule has 0 atom stereocenters. The standard InChI is InChI=1S/C45H47N5O9S2.2Na/c1-45(2)38(16-9-6-8-15-34-32-14-12-13-29-18-20-36(47(3)4)44(42(29)32)48(34)5)49(25-11-7-10-17-39(51)46-24-26-50-40(52)22-23-41(50)53)35-21-19-31-33(43(35)45)27-30(61(55,56)57)28-37(31)60-59-58-54;;/h6,8-9,12-16,18-23,27-28H,7,10-11,17,24-26H2,1-5H3,(H2-,46,51,54,55,56,57);;/q;2*+1/p-1. The smallest absolute Gasteiger partial charge is 0.744 e. The predicted octanol–water partition coefficient (Wildman–Crippen LogP) is -1.02. The normalized spacial score (nSPS) is 15.2. The van der Waals surface area contributed by atoms with Gasteiger partial charge in [-0.2, -0.15) is 8.91 Å². The third-order valence-corrected chi connectivity index (χ3v) is 12.8. The Bertz CT molecular complexity index is 2870. The third-order valence-electron chi connectivity index (χ3n) is 11.4. The average molecular weight is 911 g/mol. The molecule has 0 radical (unpaired) electrons. The zero-order chi connectivity index (χ0) is 43.6. The minimum absolute atomic E-state index is 0. The van der Waals surface area contributed by atoms with Gasteiger partial charge in [-0.05, 0) is 73.2 Å². The van der Waals surface area contributed by atoms with Gasteiger partial charge in [0, 0.05) is 97.9 Å². The van der Waals surface area contributed by atoms with Gasteiger partial charge >= 0.3 is 59.1 Å². The molecule has 1 aromatic heterocycles. The van der Waals surface area contributed by atoms with Crippen molar-refractivity contribution in [3.8, 4) is 0 Å². The molecule has 0 aliphatic carbocycles. The molecule has 4 aromatic carbocycles. The van der Waals surface area contributed by atoms with Gasteiger partial charge in [0.2, 0.25) is 11.6 Å². The van der Waals surface area contributed by atoms with Crippen molar-refractivity contribution in [3.05, 3.63) is 102 Å². The molecule has 2 aliphatic rings. The van der Waals surface area contributed by atoms with Gasteiger partial charge in [-0.3, -0.25) is 24.3 Å². The first-order valence-electron chi connectivity index (χ1n) is 19.8. The van der Waals surface area contributed by atoms with E-state index >= 15 is 0 Å². The van der Waals surface area contributed by atoms with Crippen molar-refractivity contribution in [1.82, 2.24) is 14.8 Å². The van der Waals surface area contributed by atoms with E-state index in [1.54, 1.807) is 6.07 Å². The molecule has 5 aromatic rings.